The number of hydrogen-bond acceptors (Lipinski definition) is 4. The second-order valence-corrected chi connectivity index (χ2v) is 6.16. The molecule has 7 nitrogen and oxygen atoms in total. The summed E-state index contributed by atoms with van der Waals surface area (Å²) >= 11 is 0. The molecule has 7 heteroatoms. The lowest BCUT2D eigenvalue weighted by atomic mass is 9.89. The summed E-state index contributed by atoms with van der Waals surface area (Å²) in [5.41, 5.74) is 3.51. The van der Waals surface area contributed by atoms with E-state index in [1.165, 1.54) is 0 Å². The molecule has 27 heavy (non-hydrogen) atoms. The van der Waals surface area contributed by atoms with Crippen LogP contribution in [0.3, 0.4) is 0 Å². The van der Waals surface area contributed by atoms with Crippen molar-refractivity contribution in [2.24, 2.45) is 16.1 Å². The van der Waals surface area contributed by atoms with Gasteiger partial charge in [-0.1, -0.05) is 36.4 Å². The Morgan fingerprint density at radius 1 is 1.19 bits per heavy atom. The molecule has 0 spiro atoms. The fourth-order valence-electron chi connectivity index (χ4n) is 3.10. The van der Waals surface area contributed by atoms with Crippen molar-refractivity contribution in [2.75, 3.05) is 5.32 Å². The molecule has 1 atom stereocenters. The average molecular weight is 359 g/mol. The van der Waals surface area contributed by atoms with Crippen molar-refractivity contribution in [3.8, 4) is 0 Å². The summed E-state index contributed by atoms with van der Waals surface area (Å²) in [4.78, 5) is 28.3. The number of aryl methyl sites for hydroxylation is 1. The van der Waals surface area contributed by atoms with E-state index in [0.29, 0.717) is 23.6 Å². The Morgan fingerprint density at radius 3 is 2.78 bits per heavy atom. The van der Waals surface area contributed by atoms with Crippen LogP contribution in [0.15, 0.2) is 76.9 Å². The molecule has 134 valence electrons. The minimum Gasteiger partial charge on any atom is -0.327 e. The van der Waals surface area contributed by atoms with Crippen molar-refractivity contribution in [1.82, 2.24) is 9.55 Å². The van der Waals surface area contributed by atoms with Crippen LogP contribution >= 0.6 is 0 Å². The lowest BCUT2D eigenvalue weighted by Gasteiger charge is -2.19. The zero-order valence-electron chi connectivity index (χ0n) is 14.7. The van der Waals surface area contributed by atoms with Crippen molar-refractivity contribution in [2.45, 2.75) is 13.5 Å². The van der Waals surface area contributed by atoms with Gasteiger partial charge in [-0.3, -0.25) is 9.59 Å². The van der Waals surface area contributed by atoms with Gasteiger partial charge in [0.15, 0.2) is 0 Å². The van der Waals surface area contributed by atoms with Crippen LogP contribution in [-0.4, -0.2) is 21.4 Å². The molecule has 0 radical (unpaired) electrons. The largest absolute Gasteiger partial charge is 0.327 e. The van der Waals surface area contributed by atoms with Crippen molar-refractivity contribution >= 4 is 23.2 Å². The van der Waals surface area contributed by atoms with Gasteiger partial charge in [-0.2, -0.15) is 0 Å². The van der Waals surface area contributed by atoms with E-state index in [9.17, 15) is 9.59 Å². The van der Waals surface area contributed by atoms with Gasteiger partial charge in [0, 0.05) is 17.8 Å². The molecule has 1 N–H and O–H groups in total. The fourth-order valence-corrected chi connectivity index (χ4v) is 3.10. The quantitative estimate of drug-likeness (QED) is 0.904. The highest BCUT2D eigenvalue weighted by Crippen LogP contribution is 2.34. The lowest BCUT2D eigenvalue weighted by Crippen LogP contribution is -2.17. The van der Waals surface area contributed by atoms with Crippen LogP contribution in [0.5, 0.6) is 0 Å². The number of rotatable bonds is 4. The number of benzene rings is 1. The van der Waals surface area contributed by atoms with Gasteiger partial charge in [-0.25, -0.2) is 4.98 Å². The number of nitrogens with one attached hydrogen (secondary N) is 1. The van der Waals surface area contributed by atoms with E-state index < -0.39 is 0 Å². The third kappa shape index (κ3) is 3.15. The minimum atomic E-state index is -0.379. The van der Waals surface area contributed by atoms with E-state index in [2.05, 4.69) is 20.5 Å². The minimum absolute atomic E-state index is 0.215. The number of nitrogens with zero attached hydrogens (tertiary/aromatic N) is 4. The Labute approximate surface area is 155 Å². The Morgan fingerprint density at radius 2 is 2.00 bits per heavy atom. The zero-order valence-corrected chi connectivity index (χ0v) is 14.7. The number of hydrogen-bond donors (Lipinski definition) is 1. The number of amides is 2. The first-order valence-corrected chi connectivity index (χ1v) is 8.64. The van der Waals surface area contributed by atoms with Gasteiger partial charge in [-0.05, 0) is 24.6 Å². The molecule has 0 saturated carbocycles. The summed E-state index contributed by atoms with van der Waals surface area (Å²) in [5.74, 6) is -0.852. The number of azo groups is 1. The Kier molecular flexibility index (Phi) is 4.33. The molecule has 2 heterocycles. The van der Waals surface area contributed by atoms with Gasteiger partial charge in [0.1, 0.15) is 5.69 Å². The van der Waals surface area contributed by atoms with Crippen molar-refractivity contribution in [3.05, 3.63) is 77.9 Å². The number of carbonyl (C=O) groups is 2. The van der Waals surface area contributed by atoms with Crippen LogP contribution in [0, 0.1) is 5.92 Å². The molecule has 1 aromatic carbocycles. The number of carbonyl (C=O) groups excluding carboxylic acids is 2. The van der Waals surface area contributed by atoms with Crippen molar-refractivity contribution in [3.63, 3.8) is 0 Å². The van der Waals surface area contributed by atoms with E-state index in [1.54, 1.807) is 29.2 Å². The first-order valence-electron chi connectivity index (χ1n) is 8.64. The number of allylic oxidation sites excluding steroid dienone is 3. The Hall–Kier alpha value is -3.61. The molecule has 1 aromatic heterocycles. The summed E-state index contributed by atoms with van der Waals surface area (Å²) in [5, 5.41) is 10.7. The molecule has 2 aromatic rings. The number of anilines is 1. The molecular weight excluding hydrogens is 342 g/mol. The summed E-state index contributed by atoms with van der Waals surface area (Å²) in [6, 6.07) is 7.31. The smallest absolute Gasteiger partial charge is 0.276 e. The average Bonchev–Trinajstić information content (AvgIpc) is 3.18. The van der Waals surface area contributed by atoms with E-state index in [-0.39, 0.29) is 17.7 Å². The molecule has 1 aliphatic heterocycles. The highest BCUT2D eigenvalue weighted by molar-refractivity contribution is 6.03. The highest BCUT2D eigenvalue weighted by atomic mass is 16.2. The second-order valence-electron chi connectivity index (χ2n) is 6.16. The van der Waals surface area contributed by atoms with Crippen LogP contribution in [0.1, 0.15) is 23.0 Å². The van der Waals surface area contributed by atoms with Gasteiger partial charge in [0.05, 0.1) is 24.1 Å². The Balaban J connectivity index is 1.57. The normalized spacial score (nSPS) is 18.0. The van der Waals surface area contributed by atoms with Crippen LogP contribution in [0.4, 0.5) is 5.69 Å². The Bertz CT molecular complexity index is 1020. The first kappa shape index (κ1) is 16.8. The van der Waals surface area contributed by atoms with Gasteiger partial charge in [0.2, 0.25) is 0 Å². The van der Waals surface area contributed by atoms with Crippen LogP contribution < -0.4 is 5.32 Å². The van der Waals surface area contributed by atoms with E-state index >= 15 is 0 Å². The molecule has 0 saturated heterocycles. The number of fused-ring (bicyclic) bond motifs is 1. The molecule has 2 amide bonds. The predicted octanol–water partition coefficient (Wildman–Crippen LogP) is 3.60. The summed E-state index contributed by atoms with van der Waals surface area (Å²) < 4.78 is 1.78. The van der Waals surface area contributed by atoms with Gasteiger partial charge in [0.25, 0.3) is 11.8 Å². The maximum Gasteiger partial charge on any atom is 0.276 e. The van der Waals surface area contributed by atoms with Gasteiger partial charge < -0.3 is 9.88 Å². The predicted molar refractivity (Wildman–Crippen MR) is 101 cm³/mol. The standard InChI is InChI=1S/C20H17N5O2/c1-2-25-12-21-11-17(25)20(27)22-14-9-7-13(8-10-14)18-15-5-3-4-6-16(15)19(26)24-23-18/h3-12,16H,2H2,1H3,(H,22,27). The molecule has 1 aliphatic carbocycles. The first-order chi connectivity index (χ1) is 13.2. The second kappa shape index (κ2) is 6.95. The van der Waals surface area contributed by atoms with Crippen LogP contribution in [-0.2, 0) is 11.3 Å². The number of imidazole rings is 1. The summed E-state index contributed by atoms with van der Waals surface area (Å²) in [6.45, 7) is 2.62. The fraction of sp³-hybridized carbons (Fsp3) is 0.150. The van der Waals surface area contributed by atoms with Crippen LogP contribution in [0.2, 0.25) is 0 Å². The summed E-state index contributed by atoms with van der Waals surface area (Å²) in [6.07, 6.45) is 10.6. The SMILES string of the molecule is CCn1cncc1C(=O)Nc1ccc(C2=C3C=CC=CC3C(=O)N=N2)cc1. The van der Waals surface area contributed by atoms with Gasteiger partial charge in [-0.15, -0.1) is 10.2 Å². The van der Waals surface area contributed by atoms with E-state index in [0.717, 1.165) is 11.1 Å². The third-order valence-electron chi connectivity index (χ3n) is 4.52. The molecule has 2 aliphatic rings. The van der Waals surface area contributed by atoms with E-state index in [4.69, 9.17) is 0 Å². The highest BCUT2D eigenvalue weighted by Gasteiger charge is 2.27. The molecule has 0 fully saturated rings. The zero-order chi connectivity index (χ0) is 18.8. The molecule has 4 rings (SSSR count). The topological polar surface area (TPSA) is 88.7 Å². The molecule has 0 bridgehead atoms. The van der Waals surface area contributed by atoms with Gasteiger partial charge >= 0.3 is 0 Å². The number of aromatic nitrogens is 2. The maximum absolute atomic E-state index is 12.4. The van der Waals surface area contributed by atoms with Crippen LogP contribution in [0.25, 0.3) is 5.70 Å². The maximum atomic E-state index is 12.4. The summed E-state index contributed by atoms with van der Waals surface area (Å²) in [7, 11) is 0. The third-order valence-corrected chi connectivity index (χ3v) is 4.52. The van der Waals surface area contributed by atoms with E-state index in [1.807, 2.05) is 43.4 Å². The monoisotopic (exact) mass is 359 g/mol. The van der Waals surface area contributed by atoms with Crippen molar-refractivity contribution < 1.29 is 9.59 Å². The molecular formula is C20H17N5O2. The molecule has 1 unspecified atom stereocenters. The lowest BCUT2D eigenvalue weighted by molar-refractivity contribution is -0.119. The van der Waals surface area contributed by atoms with Crippen molar-refractivity contribution in [1.29, 1.82) is 0 Å².